The van der Waals surface area contributed by atoms with Crippen LogP contribution in [0.25, 0.3) is 0 Å². The third kappa shape index (κ3) is 7.33. The van der Waals surface area contributed by atoms with E-state index in [0.717, 1.165) is 50.3 Å². The Balaban J connectivity index is 1.28. The number of benzene rings is 3. The summed E-state index contributed by atoms with van der Waals surface area (Å²) in [5.41, 5.74) is 2.44. The summed E-state index contributed by atoms with van der Waals surface area (Å²) >= 11 is 0. The van der Waals surface area contributed by atoms with Crippen LogP contribution in [0.2, 0.25) is 0 Å². The van der Waals surface area contributed by atoms with Crippen molar-refractivity contribution in [2.75, 3.05) is 50.7 Å². The molecule has 3 aromatic rings. The summed E-state index contributed by atoms with van der Waals surface area (Å²) in [5, 5.41) is 9.31. The summed E-state index contributed by atoms with van der Waals surface area (Å²) in [4.78, 5) is 16.8. The minimum absolute atomic E-state index is 0.0173. The van der Waals surface area contributed by atoms with Gasteiger partial charge in [0.2, 0.25) is 0 Å². The number of rotatable bonds is 9. The number of carbonyl (C=O) groups is 1. The van der Waals surface area contributed by atoms with E-state index >= 15 is 8.78 Å². The molecule has 2 unspecified atom stereocenters. The molecular formula is C36H41F4N3O3. The van der Waals surface area contributed by atoms with Crippen molar-refractivity contribution in [3.63, 3.8) is 0 Å². The average molecular weight is 640 g/mol. The van der Waals surface area contributed by atoms with E-state index in [4.69, 9.17) is 4.74 Å². The Morgan fingerprint density at radius 2 is 1.70 bits per heavy atom. The molecule has 2 fully saturated rings. The maximum atomic E-state index is 16.2. The molecule has 1 N–H and O–H groups in total. The Kier molecular flexibility index (Phi) is 9.30. The first-order valence-electron chi connectivity index (χ1n) is 16.1. The fourth-order valence-electron chi connectivity index (χ4n) is 7.76. The van der Waals surface area contributed by atoms with Gasteiger partial charge in [0.05, 0.1) is 19.1 Å². The zero-order chi connectivity index (χ0) is 32.5. The lowest BCUT2D eigenvalue weighted by molar-refractivity contribution is -0.139. The van der Waals surface area contributed by atoms with E-state index in [0.29, 0.717) is 49.7 Å². The summed E-state index contributed by atoms with van der Waals surface area (Å²) < 4.78 is 67.2. The van der Waals surface area contributed by atoms with Gasteiger partial charge in [-0.25, -0.2) is 17.6 Å². The zero-order valence-electron chi connectivity index (χ0n) is 26.2. The van der Waals surface area contributed by atoms with E-state index in [2.05, 4.69) is 0 Å². The molecule has 1 spiro atoms. The van der Waals surface area contributed by atoms with Crippen molar-refractivity contribution < 1.29 is 32.2 Å². The van der Waals surface area contributed by atoms with Gasteiger partial charge in [0, 0.05) is 49.8 Å². The summed E-state index contributed by atoms with van der Waals surface area (Å²) in [6, 6.07) is 16.7. The molecule has 3 aromatic carbocycles. The number of ether oxygens (including phenoxy) is 1. The molecule has 3 heterocycles. The maximum Gasteiger partial charge on any atom is 0.317 e. The second-order valence-corrected chi connectivity index (χ2v) is 13.4. The summed E-state index contributed by atoms with van der Waals surface area (Å²) in [5.74, 6) is -4.84. The molecule has 6 rings (SSSR count). The second-order valence-electron chi connectivity index (χ2n) is 13.4. The summed E-state index contributed by atoms with van der Waals surface area (Å²) in [6.45, 7) is 3.31. The highest BCUT2D eigenvalue weighted by Gasteiger charge is 2.41. The predicted molar refractivity (Wildman–Crippen MR) is 169 cm³/mol. The molecule has 3 aliphatic heterocycles. The number of likely N-dealkylation sites (tertiary alicyclic amines) is 1. The standard InChI is InChI=1S/C36H41F4N3O3/c1-35(39,40)22-43-16-11-26-17-28(46-21-25-7-3-2-4-8-25)9-10-29(26)34(43)33-30(37)18-27(19-31(33)38)42-15-6-13-36(24-42)12-5-14-41(23-36)20-32(44)45/h2-4,7-10,17-19,34H,5-6,11-16,20-24H2,1H3,(H,44,45). The summed E-state index contributed by atoms with van der Waals surface area (Å²) in [7, 11) is 0. The molecule has 0 radical (unpaired) electrons. The van der Waals surface area contributed by atoms with Crippen LogP contribution in [0.4, 0.5) is 23.2 Å². The fourth-order valence-corrected chi connectivity index (χ4v) is 7.76. The molecule has 0 amide bonds. The smallest absolute Gasteiger partial charge is 0.317 e. The normalized spacial score (nSPS) is 22.5. The molecule has 6 nitrogen and oxygen atoms in total. The fraction of sp³-hybridized carbons (Fsp3) is 0.472. The lowest BCUT2D eigenvalue weighted by atomic mass is 9.73. The molecule has 2 atom stereocenters. The van der Waals surface area contributed by atoms with Gasteiger partial charge in [-0.3, -0.25) is 14.6 Å². The third-order valence-corrected chi connectivity index (χ3v) is 9.63. The third-order valence-electron chi connectivity index (χ3n) is 9.63. The van der Waals surface area contributed by atoms with E-state index in [1.54, 1.807) is 12.1 Å². The van der Waals surface area contributed by atoms with Crippen LogP contribution in [0.5, 0.6) is 5.75 Å². The van der Waals surface area contributed by atoms with Gasteiger partial charge in [0.1, 0.15) is 24.0 Å². The molecule has 3 aliphatic rings. The maximum absolute atomic E-state index is 16.2. The first kappa shape index (κ1) is 32.3. The van der Waals surface area contributed by atoms with Crippen molar-refractivity contribution in [2.24, 2.45) is 5.41 Å². The Hall–Kier alpha value is -3.63. The van der Waals surface area contributed by atoms with Crippen LogP contribution in [0.15, 0.2) is 60.7 Å². The molecule has 246 valence electrons. The minimum atomic E-state index is -3.06. The van der Waals surface area contributed by atoms with Crippen molar-refractivity contribution in [3.8, 4) is 5.75 Å². The van der Waals surface area contributed by atoms with Gasteiger partial charge in [-0.15, -0.1) is 0 Å². The number of aliphatic carboxylic acids is 1. The van der Waals surface area contributed by atoms with Crippen LogP contribution in [-0.2, 0) is 17.8 Å². The number of fused-ring (bicyclic) bond motifs is 1. The number of hydrogen-bond donors (Lipinski definition) is 1. The van der Waals surface area contributed by atoms with Crippen LogP contribution < -0.4 is 9.64 Å². The van der Waals surface area contributed by atoms with Gasteiger partial charge in [0.15, 0.2) is 0 Å². The Morgan fingerprint density at radius 3 is 2.39 bits per heavy atom. The van der Waals surface area contributed by atoms with Gasteiger partial charge in [-0.2, -0.15) is 0 Å². The van der Waals surface area contributed by atoms with Crippen molar-refractivity contribution >= 4 is 11.7 Å². The van der Waals surface area contributed by atoms with Crippen LogP contribution in [-0.4, -0.2) is 72.6 Å². The van der Waals surface area contributed by atoms with Gasteiger partial charge in [-0.1, -0.05) is 36.4 Å². The van der Waals surface area contributed by atoms with Crippen molar-refractivity contribution in [1.29, 1.82) is 0 Å². The molecule has 2 saturated heterocycles. The molecule has 0 aliphatic carbocycles. The number of carboxylic acid groups (broad SMARTS) is 1. The highest BCUT2D eigenvalue weighted by Crippen LogP contribution is 2.43. The lowest BCUT2D eigenvalue weighted by Crippen LogP contribution is -2.53. The molecule has 46 heavy (non-hydrogen) atoms. The Morgan fingerprint density at radius 1 is 0.978 bits per heavy atom. The monoisotopic (exact) mass is 639 g/mol. The number of anilines is 1. The molecule has 0 aromatic heterocycles. The van der Waals surface area contributed by atoms with Gasteiger partial charge < -0.3 is 14.7 Å². The number of carboxylic acids is 1. The SMILES string of the molecule is CC(F)(F)CN1CCc2cc(OCc3ccccc3)ccc2C1c1c(F)cc(N2CCCC3(CCCN(CC(=O)O)C3)C2)cc1F. The number of piperidine rings is 2. The summed E-state index contributed by atoms with van der Waals surface area (Å²) in [6.07, 6.45) is 4.01. The van der Waals surface area contributed by atoms with E-state index in [9.17, 15) is 18.7 Å². The molecular weight excluding hydrogens is 598 g/mol. The van der Waals surface area contributed by atoms with Crippen molar-refractivity contribution in [2.45, 2.75) is 57.6 Å². The number of halogens is 4. The molecule has 0 bridgehead atoms. The van der Waals surface area contributed by atoms with E-state index in [1.165, 1.54) is 17.0 Å². The Bertz CT molecular complexity index is 1520. The number of alkyl halides is 2. The van der Waals surface area contributed by atoms with Gasteiger partial charge >= 0.3 is 5.97 Å². The average Bonchev–Trinajstić information content (AvgIpc) is 3.00. The van der Waals surface area contributed by atoms with E-state index in [1.807, 2.05) is 46.2 Å². The number of hydrogen-bond acceptors (Lipinski definition) is 5. The lowest BCUT2D eigenvalue weighted by Gasteiger charge is -2.49. The first-order valence-corrected chi connectivity index (χ1v) is 16.1. The van der Waals surface area contributed by atoms with Gasteiger partial charge in [0.25, 0.3) is 5.92 Å². The molecule has 0 saturated carbocycles. The second kappa shape index (κ2) is 13.2. The van der Waals surface area contributed by atoms with Gasteiger partial charge in [-0.05, 0) is 79.6 Å². The zero-order valence-corrected chi connectivity index (χ0v) is 26.2. The highest BCUT2D eigenvalue weighted by molar-refractivity contribution is 5.69. The Labute approximate surface area is 267 Å². The van der Waals surface area contributed by atoms with Crippen LogP contribution in [0, 0.1) is 17.0 Å². The van der Waals surface area contributed by atoms with Crippen LogP contribution >= 0.6 is 0 Å². The minimum Gasteiger partial charge on any atom is -0.489 e. The topological polar surface area (TPSA) is 56.2 Å². The van der Waals surface area contributed by atoms with E-state index in [-0.39, 0.29) is 24.1 Å². The van der Waals surface area contributed by atoms with Crippen molar-refractivity contribution in [1.82, 2.24) is 9.80 Å². The van der Waals surface area contributed by atoms with Crippen LogP contribution in [0.3, 0.4) is 0 Å². The highest BCUT2D eigenvalue weighted by atomic mass is 19.3. The number of nitrogens with zero attached hydrogens (tertiary/aromatic N) is 3. The predicted octanol–water partition coefficient (Wildman–Crippen LogP) is 6.91. The molecule has 10 heteroatoms. The van der Waals surface area contributed by atoms with Crippen molar-refractivity contribution in [3.05, 3.63) is 94.6 Å². The quantitative estimate of drug-likeness (QED) is 0.257. The van der Waals surface area contributed by atoms with Crippen LogP contribution in [0.1, 0.15) is 60.9 Å². The first-order chi connectivity index (χ1) is 22.0. The van der Waals surface area contributed by atoms with E-state index < -0.39 is 36.1 Å². The largest absolute Gasteiger partial charge is 0.489 e.